The van der Waals surface area contributed by atoms with Crippen LogP contribution in [0.2, 0.25) is 0 Å². The van der Waals surface area contributed by atoms with E-state index in [2.05, 4.69) is 58.2 Å². The van der Waals surface area contributed by atoms with Crippen molar-refractivity contribution < 1.29 is 13.2 Å². The largest absolute Gasteiger partial charge is 0.416 e. The Morgan fingerprint density at radius 3 is 2.55 bits per heavy atom. The maximum atomic E-state index is 12.8. The predicted molar refractivity (Wildman–Crippen MR) is 125 cm³/mol. The van der Waals surface area contributed by atoms with Crippen molar-refractivity contribution in [2.75, 3.05) is 6.54 Å². The maximum Gasteiger partial charge on any atom is 0.416 e. The molecule has 0 aliphatic carbocycles. The summed E-state index contributed by atoms with van der Waals surface area (Å²) < 4.78 is 38.4. The molecule has 1 aliphatic heterocycles. The van der Waals surface area contributed by atoms with E-state index in [-0.39, 0.29) is 0 Å². The van der Waals surface area contributed by atoms with Crippen LogP contribution in [0.3, 0.4) is 0 Å². The molecule has 0 spiro atoms. The van der Waals surface area contributed by atoms with Gasteiger partial charge in [0.15, 0.2) is 5.82 Å². The fourth-order valence-corrected chi connectivity index (χ4v) is 5.28. The molecule has 0 N–H and O–H groups in total. The minimum Gasteiger partial charge on any atom is -0.293 e. The third-order valence-corrected chi connectivity index (χ3v) is 7.04. The Kier molecular flexibility index (Phi) is 5.76. The molecule has 2 aromatic carbocycles. The average molecular weight is 466 g/mol. The van der Waals surface area contributed by atoms with E-state index < -0.39 is 11.7 Å². The van der Waals surface area contributed by atoms with Crippen molar-refractivity contribution >= 4 is 11.3 Å². The number of hydrogen-bond acceptors (Lipinski definition) is 4. The lowest BCUT2D eigenvalue weighted by Gasteiger charge is -2.27. The number of nitrogens with zero attached hydrogens (tertiary/aromatic N) is 3. The molecule has 0 unspecified atom stereocenters. The first-order valence-corrected chi connectivity index (χ1v) is 11.6. The van der Waals surface area contributed by atoms with E-state index in [0.29, 0.717) is 11.4 Å². The molecule has 5 rings (SSSR count). The summed E-state index contributed by atoms with van der Waals surface area (Å²) >= 11 is 1.82. The van der Waals surface area contributed by atoms with Gasteiger partial charge in [0.05, 0.1) is 11.3 Å². The van der Waals surface area contributed by atoms with Crippen LogP contribution in [0, 0.1) is 6.92 Å². The van der Waals surface area contributed by atoms with Gasteiger partial charge in [0.25, 0.3) is 0 Å². The fraction of sp³-hybridized carbons (Fsp3) is 0.231. The zero-order valence-electron chi connectivity index (χ0n) is 18.1. The van der Waals surface area contributed by atoms with Crippen molar-refractivity contribution in [2.24, 2.45) is 0 Å². The third-order valence-electron chi connectivity index (χ3n) is 5.94. The molecule has 4 aromatic rings. The zero-order chi connectivity index (χ0) is 23.0. The number of aromatic nitrogens is 2. The number of rotatable bonds is 4. The van der Waals surface area contributed by atoms with Crippen molar-refractivity contribution in [1.29, 1.82) is 0 Å². The van der Waals surface area contributed by atoms with Crippen LogP contribution >= 0.6 is 11.3 Å². The summed E-state index contributed by atoms with van der Waals surface area (Å²) in [6, 6.07) is 17.8. The van der Waals surface area contributed by atoms with Crippen LogP contribution in [0.15, 0.2) is 66.9 Å². The van der Waals surface area contributed by atoms with Crippen LogP contribution in [0.5, 0.6) is 0 Å². The molecule has 168 valence electrons. The summed E-state index contributed by atoms with van der Waals surface area (Å²) in [6.45, 7) is 4.65. The van der Waals surface area contributed by atoms with Crippen molar-refractivity contribution in [3.63, 3.8) is 0 Å². The summed E-state index contributed by atoms with van der Waals surface area (Å²) in [7, 11) is 0. The van der Waals surface area contributed by atoms with E-state index in [1.807, 2.05) is 17.5 Å². The highest BCUT2D eigenvalue weighted by Gasteiger charge is 2.30. The van der Waals surface area contributed by atoms with Gasteiger partial charge in [0.2, 0.25) is 0 Å². The van der Waals surface area contributed by atoms with Gasteiger partial charge in [-0.25, -0.2) is 9.97 Å². The maximum absolute atomic E-state index is 12.8. The molecule has 0 amide bonds. The third kappa shape index (κ3) is 4.70. The molecule has 0 fully saturated rings. The SMILES string of the molecule is Cc1ccccc1-c1ccc(CN2CCc3nc(-c4ccc(C(F)(F)F)cc4)ncc3C2)s1. The molecule has 33 heavy (non-hydrogen) atoms. The average Bonchev–Trinajstić information content (AvgIpc) is 3.26. The highest BCUT2D eigenvalue weighted by atomic mass is 32.1. The van der Waals surface area contributed by atoms with Gasteiger partial charge in [-0.15, -0.1) is 11.3 Å². The summed E-state index contributed by atoms with van der Waals surface area (Å²) in [6.07, 6.45) is -1.74. The molecular formula is C26H22F3N3S. The standard InChI is InChI=1S/C26H22F3N3S/c1-17-4-2-3-5-22(17)24-11-10-21(33-24)16-32-13-12-23-19(15-32)14-30-25(31-23)18-6-8-20(9-7-18)26(27,28)29/h2-11,14H,12-13,15-16H2,1H3. The van der Waals surface area contributed by atoms with Gasteiger partial charge in [-0.05, 0) is 42.3 Å². The van der Waals surface area contributed by atoms with Gasteiger partial charge in [-0.1, -0.05) is 36.4 Å². The number of fused-ring (bicyclic) bond motifs is 1. The molecule has 3 nitrogen and oxygen atoms in total. The van der Waals surface area contributed by atoms with Crippen molar-refractivity contribution in [2.45, 2.75) is 32.6 Å². The molecule has 0 saturated carbocycles. The van der Waals surface area contributed by atoms with Gasteiger partial charge in [0.1, 0.15) is 0 Å². The second-order valence-corrected chi connectivity index (χ2v) is 9.45. The number of thiophene rings is 1. The van der Waals surface area contributed by atoms with Crippen LogP contribution in [0.25, 0.3) is 21.8 Å². The smallest absolute Gasteiger partial charge is 0.293 e. The Bertz CT molecular complexity index is 1280. The van der Waals surface area contributed by atoms with Gasteiger partial charge >= 0.3 is 6.18 Å². The number of benzene rings is 2. The van der Waals surface area contributed by atoms with Gasteiger partial charge in [-0.2, -0.15) is 13.2 Å². The van der Waals surface area contributed by atoms with Crippen LogP contribution in [0.4, 0.5) is 13.2 Å². The highest BCUT2D eigenvalue weighted by Crippen LogP contribution is 2.33. The van der Waals surface area contributed by atoms with Crippen LogP contribution in [-0.4, -0.2) is 21.4 Å². The Morgan fingerprint density at radius 1 is 1.00 bits per heavy atom. The lowest BCUT2D eigenvalue weighted by Crippen LogP contribution is -2.30. The van der Waals surface area contributed by atoms with E-state index in [9.17, 15) is 13.2 Å². The number of alkyl halides is 3. The van der Waals surface area contributed by atoms with Gasteiger partial charge < -0.3 is 0 Å². The molecule has 3 heterocycles. The Labute approximate surface area is 194 Å². The second kappa shape index (κ2) is 8.72. The summed E-state index contributed by atoms with van der Waals surface area (Å²) in [5, 5.41) is 0. The highest BCUT2D eigenvalue weighted by molar-refractivity contribution is 7.15. The molecule has 0 radical (unpaired) electrons. The topological polar surface area (TPSA) is 29.0 Å². The Balaban J connectivity index is 1.28. The summed E-state index contributed by atoms with van der Waals surface area (Å²) in [5.41, 5.74) is 4.53. The zero-order valence-corrected chi connectivity index (χ0v) is 18.9. The molecule has 0 atom stereocenters. The summed E-state index contributed by atoms with van der Waals surface area (Å²) in [4.78, 5) is 14.1. The summed E-state index contributed by atoms with van der Waals surface area (Å²) in [5.74, 6) is 0.469. The number of aryl methyl sites for hydroxylation is 1. The number of hydrogen-bond donors (Lipinski definition) is 0. The van der Waals surface area contributed by atoms with Crippen molar-refractivity contribution in [3.8, 4) is 21.8 Å². The molecular weight excluding hydrogens is 443 g/mol. The van der Waals surface area contributed by atoms with Crippen LogP contribution < -0.4 is 0 Å². The molecule has 0 bridgehead atoms. The minimum absolute atomic E-state index is 0.469. The molecule has 0 saturated heterocycles. The van der Waals surface area contributed by atoms with Gasteiger partial charge in [-0.3, -0.25) is 4.90 Å². The van der Waals surface area contributed by atoms with Crippen molar-refractivity contribution in [1.82, 2.24) is 14.9 Å². The van der Waals surface area contributed by atoms with E-state index in [0.717, 1.165) is 49.4 Å². The van der Waals surface area contributed by atoms with Crippen LogP contribution in [0.1, 0.15) is 27.3 Å². The molecule has 2 aromatic heterocycles. The molecule has 7 heteroatoms. The minimum atomic E-state index is -4.35. The Hall–Kier alpha value is -3.03. The monoisotopic (exact) mass is 465 g/mol. The van der Waals surface area contributed by atoms with E-state index in [4.69, 9.17) is 0 Å². The first kappa shape index (κ1) is 21.8. The van der Waals surface area contributed by atoms with E-state index in [1.165, 1.54) is 33.0 Å². The lowest BCUT2D eigenvalue weighted by atomic mass is 10.1. The second-order valence-electron chi connectivity index (χ2n) is 8.28. The van der Waals surface area contributed by atoms with E-state index >= 15 is 0 Å². The lowest BCUT2D eigenvalue weighted by molar-refractivity contribution is -0.137. The Morgan fingerprint density at radius 2 is 1.79 bits per heavy atom. The fourth-order valence-electron chi connectivity index (χ4n) is 4.13. The normalized spacial score (nSPS) is 14.3. The number of halogens is 3. The van der Waals surface area contributed by atoms with Gasteiger partial charge in [0, 0.05) is 53.1 Å². The molecule has 1 aliphatic rings. The first-order valence-electron chi connectivity index (χ1n) is 10.8. The van der Waals surface area contributed by atoms with E-state index in [1.54, 1.807) is 0 Å². The van der Waals surface area contributed by atoms with Crippen molar-refractivity contribution in [3.05, 3.63) is 94.1 Å². The quantitative estimate of drug-likeness (QED) is 0.334. The first-order chi connectivity index (χ1) is 15.9. The predicted octanol–water partition coefficient (Wildman–Crippen LogP) is 6.76. The van der Waals surface area contributed by atoms with Crippen LogP contribution in [-0.2, 0) is 25.7 Å².